The molecule has 4 nitrogen and oxygen atoms in total. The van der Waals surface area contributed by atoms with E-state index in [1.165, 1.54) is 6.08 Å². The molecule has 0 radical (unpaired) electrons. The lowest BCUT2D eigenvalue weighted by Gasteiger charge is -2.20. The molecule has 0 aliphatic carbocycles. The lowest BCUT2D eigenvalue weighted by Crippen LogP contribution is -2.40. The minimum absolute atomic E-state index is 0.155. The SMILES string of the molecule is C=C/C(=C\C(C)=C(/C)CN)S(=O)(=O)NC(C)(C)C. The summed E-state index contributed by atoms with van der Waals surface area (Å²) in [6.45, 7) is 13.0. The van der Waals surface area contributed by atoms with Crippen molar-refractivity contribution in [1.82, 2.24) is 4.72 Å². The van der Waals surface area contributed by atoms with Gasteiger partial charge in [-0.2, -0.15) is 0 Å². The van der Waals surface area contributed by atoms with E-state index in [4.69, 9.17) is 5.73 Å². The molecule has 104 valence electrons. The van der Waals surface area contributed by atoms with Crippen molar-refractivity contribution in [1.29, 1.82) is 0 Å². The molecule has 3 N–H and O–H groups in total. The van der Waals surface area contributed by atoms with Crippen LogP contribution in [-0.2, 0) is 10.0 Å². The Kier molecular flexibility index (Phi) is 5.99. The number of nitrogens with two attached hydrogens (primary N) is 1. The molecular weight excluding hydrogens is 248 g/mol. The van der Waals surface area contributed by atoms with Gasteiger partial charge in [-0.3, -0.25) is 0 Å². The van der Waals surface area contributed by atoms with E-state index < -0.39 is 15.6 Å². The summed E-state index contributed by atoms with van der Waals surface area (Å²) in [5.74, 6) is 0. The van der Waals surface area contributed by atoms with E-state index >= 15 is 0 Å². The van der Waals surface area contributed by atoms with Crippen molar-refractivity contribution in [2.45, 2.75) is 40.2 Å². The monoisotopic (exact) mass is 272 g/mol. The Morgan fingerprint density at radius 3 is 2.17 bits per heavy atom. The van der Waals surface area contributed by atoms with E-state index in [1.54, 1.807) is 26.8 Å². The average molecular weight is 272 g/mol. The fraction of sp³-hybridized carbons (Fsp3) is 0.538. The maximum absolute atomic E-state index is 12.1. The van der Waals surface area contributed by atoms with Crippen molar-refractivity contribution >= 4 is 10.0 Å². The first-order chi connectivity index (χ1) is 8.03. The predicted molar refractivity (Wildman–Crippen MR) is 77.5 cm³/mol. The predicted octanol–water partition coefficient (Wildman–Crippen LogP) is 2.07. The minimum atomic E-state index is -3.55. The highest BCUT2D eigenvalue weighted by molar-refractivity contribution is 7.93. The van der Waals surface area contributed by atoms with Crippen molar-refractivity contribution in [3.8, 4) is 0 Å². The molecule has 0 amide bonds. The Bertz CT molecular complexity index is 466. The van der Waals surface area contributed by atoms with Crippen LogP contribution in [-0.4, -0.2) is 20.5 Å². The second kappa shape index (κ2) is 6.31. The Hall–Kier alpha value is -0.910. The zero-order valence-corrected chi connectivity index (χ0v) is 12.7. The first-order valence-corrected chi connectivity index (χ1v) is 7.26. The van der Waals surface area contributed by atoms with Gasteiger partial charge in [0.15, 0.2) is 0 Å². The quantitative estimate of drug-likeness (QED) is 0.753. The van der Waals surface area contributed by atoms with Gasteiger partial charge in [-0.05, 0) is 52.3 Å². The first-order valence-electron chi connectivity index (χ1n) is 5.78. The lowest BCUT2D eigenvalue weighted by molar-refractivity contribution is 0.495. The summed E-state index contributed by atoms with van der Waals surface area (Å²) in [5.41, 5.74) is 6.78. The Balaban J connectivity index is 5.48. The molecule has 0 aromatic heterocycles. The van der Waals surface area contributed by atoms with Gasteiger partial charge in [0, 0.05) is 12.1 Å². The number of rotatable bonds is 5. The second-order valence-electron chi connectivity index (χ2n) is 5.27. The van der Waals surface area contributed by atoms with Crippen LogP contribution < -0.4 is 10.5 Å². The fourth-order valence-electron chi connectivity index (χ4n) is 1.21. The zero-order chi connectivity index (χ0) is 14.6. The van der Waals surface area contributed by atoms with E-state index in [2.05, 4.69) is 11.3 Å². The summed E-state index contributed by atoms with van der Waals surface area (Å²) < 4.78 is 26.8. The topological polar surface area (TPSA) is 72.2 Å². The smallest absolute Gasteiger partial charge is 0.241 e. The highest BCUT2D eigenvalue weighted by atomic mass is 32.2. The van der Waals surface area contributed by atoms with Gasteiger partial charge >= 0.3 is 0 Å². The Morgan fingerprint density at radius 1 is 1.33 bits per heavy atom. The van der Waals surface area contributed by atoms with Gasteiger partial charge in [0.05, 0.1) is 4.91 Å². The maximum Gasteiger partial charge on any atom is 0.241 e. The maximum atomic E-state index is 12.1. The molecule has 0 saturated carbocycles. The van der Waals surface area contributed by atoms with Crippen molar-refractivity contribution in [2.75, 3.05) is 6.54 Å². The van der Waals surface area contributed by atoms with E-state index in [-0.39, 0.29) is 4.91 Å². The molecule has 0 fully saturated rings. The molecule has 18 heavy (non-hydrogen) atoms. The van der Waals surface area contributed by atoms with Gasteiger partial charge in [0.2, 0.25) is 10.0 Å². The number of hydrogen-bond donors (Lipinski definition) is 2. The summed E-state index contributed by atoms with van der Waals surface area (Å²) in [6, 6.07) is 0. The largest absolute Gasteiger partial charge is 0.327 e. The van der Waals surface area contributed by atoms with Crippen LogP contribution in [0.25, 0.3) is 0 Å². The number of hydrogen-bond acceptors (Lipinski definition) is 3. The fourth-order valence-corrected chi connectivity index (χ4v) is 2.68. The Morgan fingerprint density at radius 2 is 1.83 bits per heavy atom. The molecule has 0 bridgehead atoms. The lowest BCUT2D eigenvalue weighted by atomic mass is 10.1. The molecule has 0 heterocycles. The molecule has 5 heteroatoms. The molecule has 0 saturated heterocycles. The normalized spacial score (nSPS) is 15.3. The van der Waals surface area contributed by atoms with Gasteiger partial charge in [-0.1, -0.05) is 12.2 Å². The third kappa shape index (κ3) is 5.62. The van der Waals surface area contributed by atoms with Gasteiger partial charge in [-0.15, -0.1) is 0 Å². The van der Waals surface area contributed by atoms with Crippen LogP contribution in [0.5, 0.6) is 0 Å². The number of sulfonamides is 1. The summed E-state index contributed by atoms with van der Waals surface area (Å²) in [6.07, 6.45) is 2.92. The van der Waals surface area contributed by atoms with Gasteiger partial charge in [-0.25, -0.2) is 13.1 Å². The molecule has 0 aromatic carbocycles. The van der Waals surface area contributed by atoms with Crippen LogP contribution in [0.2, 0.25) is 0 Å². The summed E-state index contributed by atoms with van der Waals surface area (Å²) in [7, 11) is -3.55. The summed E-state index contributed by atoms with van der Waals surface area (Å²) in [5, 5.41) is 0. The van der Waals surface area contributed by atoms with Crippen LogP contribution >= 0.6 is 0 Å². The molecular formula is C13H24N2O2S. The molecule has 0 spiro atoms. The first kappa shape index (κ1) is 17.1. The van der Waals surface area contributed by atoms with Crippen molar-refractivity contribution < 1.29 is 8.42 Å². The van der Waals surface area contributed by atoms with Crippen LogP contribution in [0.1, 0.15) is 34.6 Å². The van der Waals surface area contributed by atoms with Gasteiger partial charge < -0.3 is 5.73 Å². The average Bonchev–Trinajstić information content (AvgIpc) is 2.20. The van der Waals surface area contributed by atoms with E-state index in [0.717, 1.165) is 11.1 Å². The van der Waals surface area contributed by atoms with Crippen LogP contribution in [0.15, 0.2) is 34.8 Å². The Labute approximate surface area is 111 Å². The van der Waals surface area contributed by atoms with E-state index in [1.807, 2.05) is 13.8 Å². The standard InChI is InChI=1S/C13H24N2O2S/c1-7-12(8-10(2)11(3)9-14)18(16,17)15-13(4,5)6/h7-8,15H,1,9,14H2,2-6H3/b11-10+,12-8+. The molecule has 0 aromatic rings. The molecule has 0 rings (SSSR count). The molecule has 0 aliphatic heterocycles. The van der Waals surface area contributed by atoms with Crippen LogP contribution in [0.4, 0.5) is 0 Å². The number of nitrogens with one attached hydrogen (secondary N) is 1. The molecule has 0 unspecified atom stereocenters. The highest BCUT2D eigenvalue weighted by Gasteiger charge is 2.22. The summed E-state index contributed by atoms with van der Waals surface area (Å²) in [4.78, 5) is 0.155. The number of allylic oxidation sites excluding steroid dienone is 3. The van der Waals surface area contributed by atoms with Crippen molar-refractivity contribution in [3.63, 3.8) is 0 Å². The third-order valence-electron chi connectivity index (χ3n) is 2.29. The summed E-state index contributed by atoms with van der Waals surface area (Å²) >= 11 is 0. The molecule has 0 atom stereocenters. The molecule has 0 aliphatic rings. The van der Waals surface area contributed by atoms with Crippen LogP contribution in [0.3, 0.4) is 0 Å². The van der Waals surface area contributed by atoms with Gasteiger partial charge in [0.25, 0.3) is 0 Å². The van der Waals surface area contributed by atoms with Crippen molar-refractivity contribution in [3.05, 3.63) is 34.8 Å². The second-order valence-corrected chi connectivity index (χ2v) is 6.96. The minimum Gasteiger partial charge on any atom is -0.327 e. The highest BCUT2D eigenvalue weighted by Crippen LogP contribution is 2.15. The zero-order valence-electron chi connectivity index (χ0n) is 11.9. The van der Waals surface area contributed by atoms with Crippen LogP contribution in [0, 0.1) is 0 Å². The van der Waals surface area contributed by atoms with Crippen molar-refractivity contribution in [2.24, 2.45) is 5.73 Å². The van der Waals surface area contributed by atoms with E-state index in [9.17, 15) is 8.42 Å². The van der Waals surface area contributed by atoms with E-state index in [0.29, 0.717) is 6.54 Å². The third-order valence-corrected chi connectivity index (χ3v) is 4.08. The van der Waals surface area contributed by atoms with Gasteiger partial charge in [0.1, 0.15) is 0 Å².